The van der Waals surface area contributed by atoms with Crippen LogP contribution in [-0.4, -0.2) is 16.8 Å². The number of aryl methyl sites for hydroxylation is 2. The second kappa shape index (κ2) is 5.88. The fourth-order valence-corrected chi connectivity index (χ4v) is 4.55. The van der Waals surface area contributed by atoms with E-state index in [2.05, 4.69) is 37.0 Å². The van der Waals surface area contributed by atoms with Crippen molar-refractivity contribution in [2.45, 2.75) is 65.0 Å². The van der Waals surface area contributed by atoms with Gasteiger partial charge in [0.25, 0.3) is 0 Å². The van der Waals surface area contributed by atoms with Gasteiger partial charge in [0.05, 0.1) is 11.4 Å². The molecule has 3 nitrogen and oxygen atoms in total. The molecule has 1 heterocycles. The molecule has 20 heavy (non-hydrogen) atoms. The molecule has 1 N–H and O–H groups in total. The molecule has 4 unspecified atom stereocenters. The maximum Gasteiger partial charge on any atom is 0.0625 e. The molecule has 2 bridgehead atoms. The predicted octanol–water partition coefficient (Wildman–Crippen LogP) is 3.55. The van der Waals surface area contributed by atoms with Crippen LogP contribution in [0.4, 0.5) is 0 Å². The van der Waals surface area contributed by atoms with Crippen LogP contribution in [0.2, 0.25) is 0 Å². The molecule has 0 spiro atoms. The molecule has 0 aliphatic heterocycles. The number of aromatic nitrogens is 2. The monoisotopic (exact) mass is 275 g/mol. The summed E-state index contributed by atoms with van der Waals surface area (Å²) in [4.78, 5) is 0. The van der Waals surface area contributed by atoms with E-state index >= 15 is 0 Å². The molecule has 0 saturated heterocycles. The zero-order chi connectivity index (χ0) is 14.1. The maximum absolute atomic E-state index is 4.72. The summed E-state index contributed by atoms with van der Waals surface area (Å²) in [6, 6.07) is 2.80. The van der Waals surface area contributed by atoms with Crippen molar-refractivity contribution in [3.8, 4) is 0 Å². The van der Waals surface area contributed by atoms with E-state index < -0.39 is 0 Å². The summed E-state index contributed by atoms with van der Waals surface area (Å²) in [5, 5.41) is 8.27. The average Bonchev–Trinajstić information content (AvgIpc) is 3.18. The first kappa shape index (κ1) is 14.1. The minimum Gasteiger partial charge on any atom is -0.312 e. The van der Waals surface area contributed by atoms with E-state index in [1.54, 1.807) is 0 Å². The number of hydrogen-bond donors (Lipinski definition) is 1. The highest BCUT2D eigenvalue weighted by atomic mass is 15.3. The lowest BCUT2D eigenvalue weighted by Gasteiger charge is -2.27. The molecule has 2 saturated carbocycles. The van der Waals surface area contributed by atoms with Crippen molar-refractivity contribution < 1.29 is 0 Å². The Morgan fingerprint density at radius 3 is 2.75 bits per heavy atom. The number of rotatable bonds is 6. The number of fused-ring (bicyclic) bond motifs is 2. The van der Waals surface area contributed by atoms with Crippen LogP contribution < -0.4 is 5.32 Å². The maximum atomic E-state index is 4.72. The molecule has 4 atom stereocenters. The highest BCUT2D eigenvalue weighted by Gasteiger charge is 2.40. The Morgan fingerprint density at radius 2 is 2.20 bits per heavy atom. The fraction of sp³-hybridized carbons (Fsp3) is 0.824. The van der Waals surface area contributed by atoms with Crippen LogP contribution in [0.5, 0.6) is 0 Å². The quantitative estimate of drug-likeness (QED) is 0.860. The fourth-order valence-electron chi connectivity index (χ4n) is 4.55. The van der Waals surface area contributed by atoms with Crippen LogP contribution in [-0.2, 0) is 13.0 Å². The van der Waals surface area contributed by atoms with Crippen molar-refractivity contribution >= 4 is 0 Å². The summed E-state index contributed by atoms with van der Waals surface area (Å²) in [6.45, 7) is 5.36. The molecular formula is C17H29N3. The Morgan fingerprint density at radius 1 is 1.35 bits per heavy atom. The molecule has 2 aliphatic carbocycles. The first-order chi connectivity index (χ1) is 9.75. The minimum atomic E-state index is 0.479. The van der Waals surface area contributed by atoms with Crippen molar-refractivity contribution in [2.75, 3.05) is 7.05 Å². The lowest BCUT2D eigenvalue weighted by atomic mass is 9.83. The summed E-state index contributed by atoms with van der Waals surface area (Å²) in [7, 11) is 2.11. The molecule has 3 heteroatoms. The Labute approximate surface area is 123 Å². The van der Waals surface area contributed by atoms with Crippen molar-refractivity contribution in [1.82, 2.24) is 15.1 Å². The molecule has 0 radical (unpaired) electrons. The van der Waals surface area contributed by atoms with Gasteiger partial charge in [-0.05, 0) is 69.9 Å². The summed E-state index contributed by atoms with van der Waals surface area (Å²) < 4.78 is 2.20. The first-order valence-corrected chi connectivity index (χ1v) is 8.49. The van der Waals surface area contributed by atoms with E-state index in [1.807, 2.05) is 0 Å². The third-order valence-corrected chi connectivity index (χ3v) is 5.65. The molecule has 2 aliphatic rings. The van der Waals surface area contributed by atoms with E-state index in [0.29, 0.717) is 6.04 Å². The van der Waals surface area contributed by atoms with Crippen LogP contribution in [0.3, 0.4) is 0 Å². The second-order valence-electron chi connectivity index (χ2n) is 6.74. The van der Waals surface area contributed by atoms with Gasteiger partial charge in [0.2, 0.25) is 0 Å². The van der Waals surface area contributed by atoms with Crippen molar-refractivity contribution in [1.29, 1.82) is 0 Å². The molecule has 2 fully saturated rings. The van der Waals surface area contributed by atoms with Gasteiger partial charge in [-0.3, -0.25) is 4.68 Å². The topological polar surface area (TPSA) is 29.9 Å². The van der Waals surface area contributed by atoms with E-state index in [-0.39, 0.29) is 0 Å². The molecule has 112 valence electrons. The van der Waals surface area contributed by atoms with Gasteiger partial charge in [0, 0.05) is 12.6 Å². The van der Waals surface area contributed by atoms with E-state index in [9.17, 15) is 0 Å². The van der Waals surface area contributed by atoms with Crippen LogP contribution in [0, 0.1) is 17.8 Å². The van der Waals surface area contributed by atoms with Crippen molar-refractivity contribution in [3.63, 3.8) is 0 Å². The molecule has 0 aromatic carbocycles. The van der Waals surface area contributed by atoms with E-state index in [1.165, 1.54) is 43.5 Å². The lowest BCUT2D eigenvalue weighted by Crippen LogP contribution is -2.25. The Kier molecular flexibility index (Phi) is 4.16. The summed E-state index contributed by atoms with van der Waals surface area (Å²) in [5.41, 5.74) is 2.63. The zero-order valence-corrected chi connectivity index (χ0v) is 13.2. The smallest absolute Gasteiger partial charge is 0.0625 e. The summed E-state index contributed by atoms with van der Waals surface area (Å²) in [5.74, 6) is 3.00. The van der Waals surface area contributed by atoms with Crippen LogP contribution in [0.15, 0.2) is 6.07 Å². The SMILES string of the molecule is CCc1cc(C(CC2CC3CCC2C3)NC)n(CC)n1. The van der Waals surface area contributed by atoms with Gasteiger partial charge in [-0.2, -0.15) is 5.10 Å². The third kappa shape index (κ3) is 2.52. The number of nitrogens with zero attached hydrogens (tertiary/aromatic N) is 2. The van der Waals surface area contributed by atoms with Crippen LogP contribution in [0.25, 0.3) is 0 Å². The van der Waals surface area contributed by atoms with Gasteiger partial charge in [0.15, 0.2) is 0 Å². The third-order valence-electron chi connectivity index (χ3n) is 5.65. The van der Waals surface area contributed by atoms with Gasteiger partial charge < -0.3 is 5.32 Å². The van der Waals surface area contributed by atoms with Gasteiger partial charge in [-0.25, -0.2) is 0 Å². The van der Waals surface area contributed by atoms with Crippen LogP contribution in [0.1, 0.15) is 63.4 Å². The number of nitrogens with one attached hydrogen (secondary N) is 1. The molecular weight excluding hydrogens is 246 g/mol. The molecule has 3 rings (SSSR count). The Hall–Kier alpha value is -0.830. The van der Waals surface area contributed by atoms with E-state index in [0.717, 1.165) is 30.7 Å². The second-order valence-corrected chi connectivity index (χ2v) is 6.74. The first-order valence-electron chi connectivity index (χ1n) is 8.49. The summed E-state index contributed by atoms with van der Waals surface area (Å²) in [6.07, 6.45) is 8.30. The molecule has 1 aromatic heterocycles. The Balaban J connectivity index is 1.74. The summed E-state index contributed by atoms with van der Waals surface area (Å²) >= 11 is 0. The van der Waals surface area contributed by atoms with E-state index in [4.69, 9.17) is 5.10 Å². The van der Waals surface area contributed by atoms with Gasteiger partial charge >= 0.3 is 0 Å². The van der Waals surface area contributed by atoms with Crippen molar-refractivity contribution in [2.24, 2.45) is 17.8 Å². The highest BCUT2D eigenvalue weighted by Crippen LogP contribution is 2.50. The predicted molar refractivity (Wildman–Crippen MR) is 82.6 cm³/mol. The van der Waals surface area contributed by atoms with Gasteiger partial charge in [0.1, 0.15) is 0 Å². The largest absolute Gasteiger partial charge is 0.312 e. The normalized spacial score (nSPS) is 30.1. The van der Waals surface area contributed by atoms with Gasteiger partial charge in [-0.1, -0.05) is 13.3 Å². The standard InChI is InChI=1S/C17H29N3/c1-4-15-11-17(20(5-2)19-15)16(18-3)10-14-9-12-6-7-13(14)8-12/h11-14,16,18H,4-10H2,1-3H3. The minimum absolute atomic E-state index is 0.479. The average molecular weight is 275 g/mol. The zero-order valence-electron chi connectivity index (χ0n) is 13.2. The Bertz CT molecular complexity index is 451. The van der Waals surface area contributed by atoms with Crippen molar-refractivity contribution in [3.05, 3.63) is 17.5 Å². The highest BCUT2D eigenvalue weighted by molar-refractivity contribution is 5.15. The molecule has 0 amide bonds. The lowest BCUT2D eigenvalue weighted by molar-refractivity contribution is 0.279. The van der Waals surface area contributed by atoms with Gasteiger partial charge in [-0.15, -0.1) is 0 Å². The molecule has 1 aromatic rings. The van der Waals surface area contributed by atoms with Crippen LogP contribution >= 0.6 is 0 Å². The number of hydrogen-bond acceptors (Lipinski definition) is 2.